The van der Waals surface area contributed by atoms with Gasteiger partial charge in [-0.25, -0.2) is 4.68 Å². The maximum absolute atomic E-state index is 11.0. The number of nitrogen functional groups attached to an aromatic ring is 1. The molecule has 0 aromatic carbocycles. The van der Waals surface area contributed by atoms with Crippen molar-refractivity contribution in [2.75, 3.05) is 5.73 Å². The van der Waals surface area contributed by atoms with Crippen molar-refractivity contribution in [1.29, 1.82) is 5.26 Å². The largest absolute Gasteiger partial charge is 0.396 e. The lowest BCUT2D eigenvalue weighted by molar-refractivity contribution is 0.0996. The van der Waals surface area contributed by atoms with Crippen molar-refractivity contribution < 1.29 is 4.79 Å². The maximum atomic E-state index is 11.0. The van der Waals surface area contributed by atoms with Crippen LogP contribution in [0.2, 0.25) is 0 Å². The van der Waals surface area contributed by atoms with Crippen molar-refractivity contribution in [2.45, 2.75) is 0 Å². The number of anilines is 1. The number of nitriles is 1. The van der Waals surface area contributed by atoms with E-state index in [1.54, 1.807) is 0 Å². The van der Waals surface area contributed by atoms with Crippen molar-refractivity contribution in [3.05, 3.63) is 35.9 Å². The minimum atomic E-state index is -0.719. The number of nitrogens with zero attached hydrogens (tertiary/aromatic N) is 4. The topological polar surface area (TPSA) is 124 Å². The van der Waals surface area contributed by atoms with Crippen LogP contribution in [0.5, 0.6) is 0 Å². The first-order chi connectivity index (χ1) is 8.13. The molecule has 17 heavy (non-hydrogen) atoms. The summed E-state index contributed by atoms with van der Waals surface area (Å²) in [5, 5.41) is 12.8. The molecule has 0 radical (unpaired) electrons. The Kier molecular flexibility index (Phi) is 2.46. The molecule has 2 aromatic heterocycles. The van der Waals surface area contributed by atoms with Gasteiger partial charge in [0.25, 0.3) is 5.91 Å². The molecule has 2 rings (SSSR count). The lowest BCUT2D eigenvalue weighted by Crippen LogP contribution is -2.14. The number of hydrogen-bond donors (Lipinski definition) is 2. The average Bonchev–Trinajstić information content (AvgIpc) is 2.71. The predicted octanol–water partition coefficient (Wildman–Crippen LogP) is -0.180. The van der Waals surface area contributed by atoms with Crippen LogP contribution in [-0.2, 0) is 0 Å². The Balaban J connectivity index is 2.58. The van der Waals surface area contributed by atoms with Crippen LogP contribution in [0.4, 0.5) is 5.69 Å². The van der Waals surface area contributed by atoms with Gasteiger partial charge in [0, 0.05) is 6.20 Å². The Labute approximate surface area is 96.3 Å². The number of carbonyl (C=O) groups excluding carboxylic acids is 1. The zero-order chi connectivity index (χ0) is 12.4. The molecule has 0 bridgehead atoms. The SMILES string of the molecule is N#Cc1ccncc1-n1cc(N)c(C(N)=O)n1. The molecule has 4 N–H and O–H groups in total. The second kappa shape index (κ2) is 3.94. The molecule has 0 unspecified atom stereocenters. The first kappa shape index (κ1) is 10.6. The van der Waals surface area contributed by atoms with Crippen molar-refractivity contribution >= 4 is 11.6 Å². The van der Waals surface area contributed by atoms with Crippen LogP contribution in [0.3, 0.4) is 0 Å². The van der Waals surface area contributed by atoms with E-state index in [-0.39, 0.29) is 11.4 Å². The summed E-state index contributed by atoms with van der Waals surface area (Å²) < 4.78 is 1.31. The summed E-state index contributed by atoms with van der Waals surface area (Å²) in [6.45, 7) is 0. The van der Waals surface area contributed by atoms with Gasteiger partial charge in [-0.05, 0) is 6.07 Å². The fraction of sp³-hybridized carbons (Fsp3) is 0. The number of pyridine rings is 1. The number of aromatic nitrogens is 3. The van der Waals surface area contributed by atoms with E-state index in [0.717, 1.165) is 0 Å². The van der Waals surface area contributed by atoms with Gasteiger partial charge in [0.05, 0.1) is 23.6 Å². The molecule has 0 spiro atoms. The van der Waals surface area contributed by atoms with Crippen molar-refractivity contribution in [3.63, 3.8) is 0 Å². The summed E-state index contributed by atoms with van der Waals surface area (Å²) in [5.41, 5.74) is 11.6. The molecule has 0 aliphatic rings. The maximum Gasteiger partial charge on any atom is 0.271 e. The predicted molar refractivity (Wildman–Crippen MR) is 59.0 cm³/mol. The molecule has 0 aliphatic carbocycles. The van der Waals surface area contributed by atoms with Crippen LogP contribution in [0.1, 0.15) is 16.1 Å². The van der Waals surface area contributed by atoms with Crippen LogP contribution in [0.25, 0.3) is 5.69 Å². The standard InChI is InChI=1S/C10H8N6O/c11-3-6-1-2-14-4-8(6)16-5-7(12)9(15-16)10(13)17/h1-2,4-5H,12H2,(H2,13,17). The Bertz CT molecular complexity index is 624. The smallest absolute Gasteiger partial charge is 0.271 e. The van der Waals surface area contributed by atoms with Gasteiger partial charge in [0.15, 0.2) is 5.69 Å². The van der Waals surface area contributed by atoms with E-state index < -0.39 is 5.91 Å². The summed E-state index contributed by atoms with van der Waals surface area (Å²) in [7, 11) is 0. The Morgan fingerprint density at radius 1 is 1.53 bits per heavy atom. The minimum Gasteiger partial charge on any atom is -0.396 e. The molecular formula is C10H8N6O. The molecule has 2 aromatic rings. The minimum absolute atomic E-state index is 0.0299. The summed E-state index contributed by atoms with van der Waals surface area (Å²) in [6, 6.07) is 3.53. The highest BCUT2D eigenvalue weighted by Gasteiger charge is 2.13. The third-order valence-electron chi connectivity index (χ3n) is 2.14. The molecule has 0 aliphatic heterocycles. The van der Waals surface area contributed by atoms with Crippen molar-refractivity contribution in [1.82, 2.24) is 14.8 Å². The highest BCUT2D eigenvalue weighted by atomic mass is 16.1. The second-order valence-electron chi connectivity index (χ2n) is 3.25. The highest BCUT2D eigenvalue weighted by molar-refractivity contribution is 5.95. The van der Waals surface area contributed by atoms with E-state index in [4.69, 9.17) is 16.7 Å². The number of amides is 1. The van der Waals surface area contributed by atoms with Gasteiger partial charge in [-0.15, -0.1) is 0 Å². The van der Waals surface area contributed by atoms with Crippen molar-refractivity contribution in [3.8, 4) is 11.8 Å². The number of primary amides is 1. The monoisotopic (exact) mass is 228 g/mol. The molecule has 0 atom stereocenters. The molecule has 0 fully saturated rings. The summed E-state index contributed by atoms with van der Waals surface area (Å²) >= 11 is 0. The summed E-state index contributed by atoms with van der Waals surface area (Å²) in [5.74, 6) is -0.719. The Hall–Kier alpha value is -2.88. The average molecular weight is 228 g/mol. The Morgan fingerprint density at radius 3 is 2.88 bits per heavy atom. The highest BCUT2D eigenvalue weighted by Crippen LogP contribution is 2.15. The molecule has 1 amide bonds. The van der Waals surface area contributed by atoms with Gasteiger partial charge >= 0.3 is 0 Å². The summed E-state index contributed by atoms with van der Waals surface area (Å²) in [6.07, 6.45) is 4.36. The van der Waals surface area contributed by atoms with Crippen LogP contribution in [0, 0.1) is 11.3 Å². The molecule has 7 nitrogen and oxygen atoms in total. The van der Waals surface area contributed by atoms with Crippen LogP contribution >= 0.6 is 0 Å². The molecule has 84 valence electrons. The number of carbonyl (C=O) groups is 1. The van der Waals surface area contributed by atoms with Crippen LogP contribution in [-0.4, -0.2) is 20.7 Å². The van der Waals surface area contributed by atoms with E-state index in [2.05, 4.69) is 10.1 Å². The number of rotatable bonds is 2. The second-order valence-corrected chi connectivity index (χ2v) is 3.25. The van der Waals surface area contributed by atoms with E-state index in [1.807, 2.05) is 6.07 Å². The van der Waals surface area contributed by atoms with Gasteiger partial charge in [0.2, 0.25) is 0 Å². The number of hydrogen-bond acceptors (Lipinski definition) is 5. The third kappa shape index (κ3) is 1.79. The molecule has 2 heterocycles. The van der Waals surface area contributed by atoms with Gasteiger partial charge in [-0.1, -0.05) is 0 Å². The van der Waals surface area contributed by atoms with E-state index in [0.29, 0.717) is 11.3 Å². The normalized spacial score (nSPS) is 9.82. The van der Waals surface area contributed by atoms with Crippen molar-refractivity contribution in [2.24, 2.45) is 5.73 Å². The first-order valence-electron chi connectivity index (χ1n) is 4.63. The number of nitrogens with two attached hydrogens (primary N) is 2. The quantitative estimate of drug-likeness (QED) is 0.737. The van der Waals surface area contributed by atoms with Crippen LogP contribution < -0.4 is 11.5 Å². The van der Waals surface area contributed by atoms with Gasteiger partial charge in [0.1, 0.15) is 11.8 Å². The van der Waals surface area contributed by atoms with E-state index in [1.165, 1.54) is 29.3 Å². The fourth-order valence-electron chi connectivity index (χ4n) is 1.37. The van der Waals surface area contributed by atoms with E-state index >= 15 is 0 Å². The lowest BCUT2D eigenvalue weighted by Gasteiger charge is -2.01. The summed E-state index contributed by atoms with van der Waals surface area (Å²) in [4.78, 5) is 14.9. The van der Waals surface area contributed by atoms with E-state index in [9.17, 15) is 4.79 Å². The zero-order valence-electron chi connectivity index (χ0n) is 8.66. The van der Waals surface area contributed by atoms with Crippen LogP contribution in [0.15, 0.2) is 24.7 Å². The zero-order valence-corrected chi connectivity index (χ0v) is 8.66. The van der Waals surface area contributed by atoms with Gasteiger partial charge in [-0.2, -0.15) is 10.4 Å². The first-order valence-corrected chi connectivity index (χ1v) is 4.63. The molecule has 7 heteroatoms. The van der Waals surface area contributed by atoms with Gasteiger partial charge in [-0.3, -0.25) is 9.78 Å². The molecule has 0 saturated carbocycles. The fourth-order valence-corrected chi connectivity index (χ4v) is 1.37. The lowest BCUT2D eigenvalue weighted by atomic mass is 10.2. The van der Waals surface area contributed by atoms with Gasteiger partial charge < -0.3 is 11.5 Å². The molecule has 0 saturated heterocycles. The Morgan fingerprint density at radius 2 is 2.29 bits per heavy atom. The molecular weight excluding hydrogens is 220 g/mol. The third-order valence-corrected chi connectivity index (χ3v) is 2.14.